The summed E-state index contributed by atoms with van der Waals surface area (Å²) in [6, 6.07) is 14.9. The van der Waals surface area contributed by atoms with E-state index < -0.39 is 6.10 Å². The number of halogens is 1. The molecule has 0 bridgehead atoms. The van der Waals surface area contributed by atoms with E-state index >= 15 is 0 Å². The molecule has 3 atom stereocenters. The number of nitrogens with one attached hydrogen (secondary N) is 1. The molecule has 1 saturated carbocycles. The molecule has 4 nitrogen and oxygen atoms in total. The first-order chi connectivity index (χ1) is 11.6. The first kappa shape index (κ1) is 16.8. The molecular weight excluding hydrogens is 326 g/mol. The van der Waals surface area contributed by atoms with Crippen LogP contribution in [0.5, 0.6) is 5.75 Å². The Labute approximate surface area is 146 Å². The van der Waals surface area contributed by atoms with E-state index in [9.17, 15) is 9.90 Å². The number of benzene rings is 2. The van der Waals surface area contributed by atoms with Crippen LogP contribution >= 0.6 is 11.6 Å². The fraction of sp³-hybridized carbons (Fsp3) is 0.316. The maximum Gasteiger partial charge on any atom is 0.223 e. The van der Waals surface area contributed by atoms with E-state index in [4.69, 9.17) is 16.3 Å². The maximum atomic E-state index is 12.3. The summed E-state index contributed by atoms with van der Waals surface area (Å²) in [4.78, 5) is 12.3. The minimum atomic E-state index is -0.798. The van der Waals surface area contributed by atoms with Crippen molar-refractivity contribution in [3.63, 3.8) is 0 Å². The van der Waals surface area contributed by atoms with Crippen LogP contribution in [-0.4, -0.2) is 24.7 Å². The highest BCUT2D eigenvalue weighted by molar-refractivity contribution is 6.30. The maximum absolute atomic E-state index is 12.3. The van der Waals surface area contributed by atoms with Gasteiger partial charge in [0.1, 0.15) is 5.75 Å². The highest BCUT2D eigenvalue weighted by Gasteiger charge is 2.43. The van der Waals surface area contributed by atoms with Gasteiger partial charge in [-0.15, -0.1) is 0 Å². The molecule has 5 heteroatoms. The van der Waals surface area contributed by atoms with Crippen molar-refractivity contribution in [2.24, 2.45) is 5.92 Å². The number of rotatable bonds is 6. The number of carbonyl (C=O) groups is 1. The van der Waals surface area contributed by atoms with Crippen molar-refractivity contribution < 1.29 is 14.6 Å². The van der Waals surface area contributed by atoms with Gasteiger partial charge < -0.3 is 15.2 Å². The van der Waals surface area contributed by atoms with Crippen molar-refractivity contribution in [1.82, 2.24) is 5.32 Å². The number of aliphatic hydroxyl groups is 1. The number of ether oxygens (including phenoxy) is 1. The van der Waals surface area contributed by atoms with Gasteiger partial charge in [-0.2, -0.15) is 0 Å². The zero-order valence-corrected chi connectivity index (χ0v) is 14.2. The summed E-state index contributed by atoms with van der Waals surface area (Å²) in [5, 5.41) is 13.8. The van der Waals surface area contributed by atoms with Crippen molar-refractivity contribution in [2.45, 2.75) is 18.4 Å². The number of hydrogen-bond donors (Lipinski definition) is 2. The van der Waals surface area contributed by atoms with Crippen LogP contribution in [0.3, 0.4) is 0 Å². The third-order valence-electron chi connectivity index (χ3n) is 4.37. The molecule has 2 aromatic carbocycles. The second-order valence-corrected chi connectivity index (χ2v) is 6.44. The highest BCUT2D eigenvalue weighted by Crippen LogP contribution is 2.48. The van der Waals surface area contributed by atoms with Gasteiger partial charge in [0.2, 0.25) is 5.91 Å². The lowest BCUT2D eigenvalue weighted by molar-refractivity contribution is -0.122. The Balaban J connectivity index is 1.55. The monoisotopic (exact) mass is 345 g/mol. The van der Waals surface area contributed by atoms with Crippen LogP contribution in [0.1, 0.15) is 29.6 Å². The molecule has 0 aliphatic heterocycles. The molecule has 0 radical (unpaired) electrons. The summed E-state index contributed by atoms with van der Waals surface area (Å²) in [6.07, 6.45) is 0.0187. The summed E-state index contributed by atoms with van der Waals surface area (Å²) in [7, 11) is 1.56. The summed E-state index contributed by atoms with van der Waals surface area (Å²) >= 11 is 6.00. The van der Waals surface area contributed by atoms with Crippen LogP contribution in [0.2, 0.25) is 5.02 Å². The minimum absolute atomic E-state index is 0.0334. The summed E-state index contributed by atoms with van der Waals surface area (Å²) in [6.45, 7) is 0.165. The zero-order valence-electron chi connectivity index (χ0n) is 13.4. The molecule has 0 spiro atoms. The minimum Gasteiger partial charge on any atom is -0.496 e. The topological polar surface area (TPSA) is 58.6 Å². The van der Waals surface area contributed by atoms with Crippen molar-refractivity contribution in [3.8, 4) is 5.75 Å². The summed E-state index contributed by atoms with van der Waals surface area (Å²) in [5.41, 5.74) is 1.76. The van der Waals surface area contributed by atoms with Crippen molar-refractivity contribution >= 4 is 17.5 Å². The molecule has 2 N–H and O–H groups in total. The van der Waals surface area contributed by atoms with Gasteiger partial charge in [0.05, 0.1) is 13.2 Å². The van der Waals surface area contributed by atoms with Crippen LogP contribution < -0.4 is 10.1 Å². The second kappa shape index (κ2) is 7.24. The number of amides is 1. The van der Waals surface area contributed by atoms with E-state index in [0.29, 0.717) is 16.3 Å². The largest absolute Gasteiger partial charge is 0.496 e. The van der Waals surface area contributed by atoms with E-state index in [1.165, 1.54) is 0 Å². The molecule has 1 aliphatic carbocycles. The molecular formula is C19H20ClNO3. The fourth-order valence-corrected chi connectivity index (χ4v) is 3.17. The van der Waals surface area contributed by atoms with Gasteiger partial charge in [-0.3, -0.25) is 4.79 Å². The standard InChI is InChI=1S/C19H20ClNO3/c1-24-18-8-3-2-7-14(18)17(22)11-21-19(23)16-10-15(16)12-5-4-6-13(20)9-12/h2-9,15-17,22H,10-11H2,1H3,(H,21,23)/t15-,16+,17+/m0/s1. The lowest BCUT2D eigenvalue weighted by Crippen LogP contribution is -2.30. The molecule has 1 fully saturated rings. The number of hydrogen-bond acceptors (Lipinski definition) is 3. The van der Waals surface area contributed by atoms with E-state index in [2.05, 4.69) is 5.32 Å². The number of para-hydroxylation sites is 1. The first-order valence-electron chi connectivity index (χ1n) is 7.94. The Kier molecular flexibility index (Phi) is 5.07. The molecule has 0 saturated heterocycles. The van der Waals surface area contributed by atoms with Gasteiger partial charge in [-0.1, -0.05) is 41.9 Å². The molecule has 126 valence electrons. The van der Waals surface area contributed by atoms with Crippen molar-refractivity contribution in [3.05, 3.63) is 64.7 Å². The van der Waals surface area contributed by atoms with Gasteiger partial charge >= 0.3 is 0 Å². The third kappa shape index (κ3) is 3.71. The average Bonchev–Trinajstić information content (AvgIpc) is 3.40. The van der Waals surface area contributed by atoms with Gasteiger partial charge in [-0.25, -0.2) is 0 Å². The Morgan fingerprint density at radius 3 is 2.88 bits per heavy atom. The Hall–Kier alpha value is -2.04. The highest BCUT2D eigenvalue weighted by atomic mass is 35.5. The smallest absolute Gasteiger partial charge is 0.223 e. The molecule has 2 aromatic rings. The van der Waals surface area contributed by atoms with Crippen molar-refractivity contribution in [2.75, 3.05) is 13.7 Å². The number of carbonyl (C=O) groups excluding carboxylic acids is 1. The van der Waals surface area contributed by atoms with Crippen LogP contribution in [0.15, 0.2) is 48.5 Å². The SMILES string of the molecule is COc1ccccc1[C@H](O)CNC(=O)[C@@H]1C[C@H]1c1cccc(Cl)c1. The second-order valence-electron chi connectivity index (χ2n) is 6.01. The lowest BCUT2D eigenvalue weighted by Gasteiger charge is -2.15. The van der Waals surface area contributed by atoms with Crippen LogP contribution in [0.4, 0.5) is 0 Å². The fourth-order valence-electron chi connectivity index (χ4n) is 2.97. The number of methoxy groups -OCH3 is 1. The van der Waals surface area contributed by atoms with E-state index in [1.807, 2.05) is 36.4 Å². The van der Waals surface area contributed by atoms with Crippen molar-refractivity contribution in [1.29, 1.82) is 0 Å². The van der Waals surface area contributed by atoms with Crippen LogP contribution in [0, 0.1) is 5.92 Å². The lowest BCUT2D eigenvalue weighted by atomic mass is 10.1. The molecule has 1 aliphatic rings. The average molecular weight is 346 g/mol. The molecule has 3 rings (SSSR count). The Morgan fingerprint density at radius 1 is 1.33 bits per heavy atom. The molecule has 1 amide bonds. The summed E-state index contributed by atoms with van der Waals surface area (Å²) in [5.74, 6) is 0.747. The van der Waals surface area contributed by atoms with Crippen LogP contribution in [-0.2, 0) is 4.79 Å². The summed E-state index contributed by atoms with van der Waals surface area (Å²) < 4.78 is 5.23. The predicted molar refractivity (Wildman–Crippen MR) is 93.3 cm³/mol. The molecule has 0 heterocycles. The van der Waals surface area contributed by atoms with E-state index in [-0.39, 0.29) is 24.3 Å². The molecule has 0 unspecified atom stereocenters. The normalized spacial score (nSPS) is 20.3. The molecule has 0 aromatic heterocycles. The third-order valence-corrected chi connectivity index (χ3v) is 4.61. The van der Waals surface area contributed by atoms with Gasteiger partial charge in [0.15, 0.2) is 0 Å². The Morgan fingerprint density at radius 2 is 2.12 bits per heavy atom. The van der Waals surface area contributed by atoms with Gasteiger partial charge in [0, 0.05) is 23.0 Å². The van der Waals surface area contributed by atoms with E-state index in [1.54, 1.807) is 19.2 Å². The van der Waals surface area contributed by atoms with Crippen LogP contribution in [0.25, 0.3) is 0 Å². The Bertz CT molecular complexity index is 734. The van der Waals surface area contributed by atoms with Gasteiger partial charge in [-0.05, 0) is 36.1 Å². The van der Waals surface area contributed by atoms with Gasteiger partial charge in [0.25, 0.3) is 0 Å². The predicted octanol–water partition coefficient (Wildman–Crippen LogP) is 3.30. The first-order valence-corrected chi connectivity index (χ1v) is 8.32. The molecule has 24 heavy (non-hydrogen) atoms. The number of aliphatic hydroxyl groups excluding tert-OH is 1. The van der Waals surface area contributed by atoms with E-state index in [0.717, 1.165) is 12.0 Å². The zero-order chi connectivity index (χ0) is 17.1. The quantitative estimate of drug-likeness (QED) is 0.844.